The highest BCUT2D eigenvalue weighted by Crippen LogP contribution is 2.40. The lowest BCUT2D eigenvalue weighted by atomic mass is 9.95. The molecule has 17 heavy (non-hydrogen) atoms. The molecule has 0 aromatic carbocycles. The number of hydrogen-bond donors (Lipinski definition) is 1. The van der Waals surface area contributed by atoms with E-state index in [-0.39, 0.29) is 11.4 Å². The summed E-state index contributed by atoms with van der Waals surface area (Å²) in [5.74, 6) is 0.153. The molecule has 0 bridgehead atoms. The summed E-state index contributed by atoms with van der Waals surface area (Å²) in [5, 5.41) is 5.34. The Balaban J connectivity index is 2.07. The Bertz CT molecular complexity index is 377. The summed E-state index contributed by atoms with van der Waals surface area (Å²) in [6, 6.07) is 4.21. The van der Waals surface area contributed by atoms with Crippen molar-refractivity contribution in [2.45, 2.75) is 44.1 Å². The predicted octanol–water partition coefficient (Wildman–Crippen LogP) is 3.60. The molecule has 92 valence electrons. The predicted molar refractivity (Wildman–Crippen MR) is 72.0 cm³/mol. The van der Waals surface area contributed by atoms with Crippen molar-refractivity contribution in [2.75, 3.05) is 0 Å². The lowest BCUT2D eigenvalue weighted by Crippen LogP contribution is -2.43. The molecule has 1 heterocycles. The molecule has 1 amide bonds. The molecular formula is C14H19NOS. The highest BCUT2D eigenvalue weighted by molar-refractivity contribution is 7.10. The van der Waals surface area contributed by atoms with Gasteiger partial charge >= 0.3 is 0 Å². The molecule has 2 rings (SSSR count). The molecule has 0 unspecified atom stereocenters. The van der Waals surface area contributed by atoms with Crippen LogP contribution in [0.5, 0.6) is 0 Å². The normalized spacial score (nSPS) is 17.9. The third kappa shape index (κ3) is 2.78. The number of thiophene rings is 1. The number of amides is 1. The van der Waals surface area contributed by atoms with E-state index in [1.807, 2.05) is 0 Å². The molecule has 0 atom stereocenters. The SMILES string of the molecule is C=CCCC(=O)NC1(c2cccs2)CCCC1. The Morgan fingerprint density at radius 2 is 2.29 bits per heavy atom. The van der Waals surface area contributed by atoms with Gasteiger partial charge in [0.25, 0.3) is 0 Å². The molecule has 0 aliphatic heterocycles. The van der Waals surface area contributed by atoms with E-state index in [0.717, 1.165) is 19.3 Å². The summed E-state index contributed by atoms with van der Waals surface area (Å²) in [7, 11) is 0. The summed E-state index contributed by atoms with van der Waals surface area (Å²) in [4.78, 5) is 13.2. The van der Waals surface area contributed by atoms with E-state index in [1.165, 1.54) is 17.7 Å². The smallest absolute Gasteiger partial charge is 0.221 e. The second kappa shape index (κ2) is 5.50. The Morgan fingerprint density at radius 3 is 2.88 bits per heavy atom. The molecule has 1 fully saturated rings. The van der Waals surface area contributed by atoms with E-state index in [0.29, 0.717) is 6.42 Å². The maximum atomic E-state index is 11.9. The first kappa shape index (κ1) is 12.4. The van der Waals surface area contributed by atoms with Crippen molar-refractivity contribution in [3.63, 3.8) is 0 Å². The van der Waals surface area contributed by atoms with Crippen LogP contribution in [0.3, 0.4) is 0 Å². The third-order valence-corrected chi connectivity index (χ3v) is 4.48. The van der Waals surface area contributed by atoms with Gasteiger partial charge in [0.2, 0.25) is 5.91 Å². The zero-order valence-electron chi connectivity index (χ0n) is 10.1. The number of allylic oxidation sites excluding steroid dienone is 1. The minimum absolute atomic E-state index is 0.0770. The van der Waals surface area contributed by atoms with Gasteiger partial charge < -0.3 is 5.32 Å². The average Bonchev–Trinajstić information content (AvgIpc) is 2.96. The van der Waals surface area contributed by atoms with E-state index < -0.39 is 0 Å². The van der Waals surface area contributed by atoms with Gasteiger partial charge in [0.15, 0.2) is 0 Å². The van der Waals surface area contributed by atoms with Crippen molar-refractivity contribution < 1.29 is 4.79 Å². The van der Waals surface area contributed by atoms with Gasteiger partial charge in [-0.15, -0.1) is 17.9 Å². The molecule has 1 aromatic rings. The van der Waals surface area contributed by atoms with E-state index >= 15 is 0 Å². The van der Waals surface area contributed by atoms with Crippen molar-refractivity contribution in [3.8, 4) is 0 Å². The standard InChI is InChI=1S/C14H19NOS/c1-2-3-8-13(16)15-14(9-4-5-10-14)12-7-6-11-17-12/h2,6-7,11H,1,3-5,8-10H2,(H,15,16). The summed E-state index contributed by atoms with van der Waals surface area (Å²) in [6.45, 7) is 3.65. The molecule has 0 saturated heterocycles. The Morgan fingerprint density at radius 1 is 1.53 bits per heavy atom. The topological polar surface area (TPSA) is 29.1 Å². The number of rotatable bonds is 5. The number of carbonyl (C=O) groups is 1. The second-order valence-corrected chi connectivity index (χ2v) is 5.59. The summed E-state index contributed by atoms with van der Waals surface area (Å²) < 4.78 is 0. The van der Waals surface area contributed by atoms with Crippen LogP contribution in [0.4, 0.5) is 0 Å². The molecule has 1 saturated carbocycles. The largest absolute Gasteiger partial charge is 0.346 e. The van der Waals surface area contributed by atoms with Gasteiger partial charge in [0, 0.05) is 11.3 Å². The van der Waals surface area contributed by atoms with Crippen LogP contribution in [0, 0.1) is 0 Å². The molecule has 3 heteroatoms. The van der Waals surface area contributed by atoms with Crippen molar-refractivity contribution in [1.82, 2.24) is 5.32 Å². The molecule has 1 aromatic heterocycles. The Hall–Kier alpha value is -1.09. The average molecular weight is 249 g/mol. The minimum Gasteiger partial charge on any atom is -0.346 e. The van der Waals surface area contributed by atoms with Crippen LogP contribution in [0.2, 0.25) is 0 Å². The van der Waals surface area contributed by atoms with Gasteiger partial charge in [-0.2, -0.15) is 0 Å². The molecule has 1 aliphatic carbocycles. The first-order valence-electron chi connectivity index (χ1n) is 6.23. The lowest BCUT2D eigenvalue weighted by molar-refractivity contribution is -0.123. The van der Waals surface area contributed by atoms with Crippen LogP contribution in [0.1, 0.15) is 43.4 Å². The van der Waals surface area contributed by atoms with Gasteiger partial charge in [-0.25, -0.2) is 0 Å². The fraction of sp³-hybridized carbons (Fsp3) is 0.500. The van der Waals surface area contributed by atoms with Crippen molar-refractivity contribution in [3.05, 3.63) is 35.0 Å². The van der Waals surface area contributed by atoms with E-state index in [2.05, 4.69) is 29.4 Å². The van der Waals surface area contributed by atoms with Gasteiger partial charge in [0.05, 0.1) is 5.54 Å². The molecular weight excluding hydrogens is 230 g/mol. The van der Waals surface area contributed by atoms with E-state index in [1.54, 1.807) is 17.4 Å². The Labute approximate surface area is 107 Å². The fourth-order valence-corrected chi connectivity index (χ4v) is 3.47. The molecule has 1 aliphatic rings. The quantitative estimate of drug-likeness (QED) is 0.794. The minimum atomic E-state index is -0.0770. The van der Waals surface area contributed by atoms with Crippen LogP contribution in [0.25, 0.3) is 0 Å². The van der Waals surface area contributed by atoms with Gasteiger partial charge in [-0.1, -0.05) is 25.0 Å². The lowest BCUT2D eigenvalue weighted by Gasteiger charge is -2.29. The zero-order valence-corrected chi connectivity index (χ0v) is 10.9. The number of carbonyl (C=O) groups excluding carboxylic acids is 1. The van der Waals surface area contributed by atoms with Crippen molar-refractivity contribution in [2.24, 2.45) is 0 Å². The van der Waals surface area contributed by atoms with Gasteiger partial charge in [0.1, 0.15) is 0 Å². The summed E-state index contributed by atoms with van der Waals surface area (Å²) >= 11 is 1.75. The van der Waals surface area contributed by atoms with Gasteiger partial charge in [-0.3, -0.25) is 4.79 Å². The van der Waals surface area contributed by atoms with Crippen molar-refractivity contribution >= 4 is 17.2 Å². The zero-order chi connectivity index (χ0) is 12.1. The molecule has 0 radical (unpaired) electrons. The summed E-state index contributed by atoms with van der Waals surface area (Å²) in [5.41, 5.74) is -0.0770. The van der Waals surface area contributed by atoms with Gasteiger partial charge in [-0.05, 0) is 30.7 Å². The highest BCUT2D eigenvalue weighted by Gasteiger charge is 2.37. The van der Waals surface area contributed by atoms with Crippen LogP contribution in [0.15, 0.2) is 30.2 Å². The van der Waals surface area contributed by atoms with Crippen LogP contribution >= 0.6 is 11.3 Å². The van der Waals surface area contributed by atoms with Crippen LogP contribution in [-0.2, 0) is 10.3 Å². The van der Waals surface area contributed by atoms with Crippen LogP contribution in [-0.4, -0.2) is 5.91 Å². The van der Waals surface area contributed by atoms with E-state index in [9.17, 15) is 4.79 Å². The fourth-order valence-electron chi connectivity index (χ4n) is 2.52. The first-order valence-corrected chi connectivity index (χ1v) is 7.11. The first-order chi connectivity index (χ1) is 8.27. The van der Waals surface area contributed by atoms with Crippen LogP contribution < -0.4 is 5.32 Å². The molecule has 0 spiro atoms. The number of hydrogen-bond acceptors (Lipinski definition) is 2. The van der Waals surface area contributed by atoms with Crippen molar-refractivity contribution in [1.29, 1.82) is 0 Å². The number of nitrogens with one attached hydrogen (secondary N) is 1. The maximum absolute atomic E-state index is 11.9. The maximum Gasteiger partial charge on any atom is 0.221 e. The third-order valence-electron chi connectivity index (χ3n) is 3.40. The monoisotopic (exact) mass is 249 g/mol. The molecule has 1 N–H and O–H groups in total. The highest BCUT2D eigenvalue weighted by atomic mass is 32.1. The summed E-state index contributed by atoms with van der Waals surface area (Å²) in [6.07, 6.45) is 7.68. The Kier molecular flexibility index (Phi) is 4.00. The molecule has 2 nitrogen and oxygen atoms in total. The second-order valence-electron chi connectivity index (χ2n) is 4.64. The van der Waals surface area contributed by atoms with E-state index in [4.69, 9.17) is 0 Å².